The van der Waals surface area contributed by atoms with Crippen LogP contribution in [0.3, 0.4) is 0 Å². The van der Waals surface area contributed by atoms with Crippen molar-refractivity contribution < 1.29 is 0 Å². The number of hydrogen-bond acceptors (Lipinski definition) is 3. The fraction of sp³-hybridized carbons (Fsp3) is 0.875. The molecule has 1 rings (SSSR count). The molecule has 0 amide bonds. The molecule has 11 heavy (non-hydrogen) atoms. The molecule has 1 aliphatic rings. The minimum absolute atomic E-state index is 1.02. The monoisotopic (exact) mass is 155 g/mol. The van der Waals surface area contributed by atoms with Gasteiger partial charge in [-0.3, -0.25) is 9.89 Å². The summed E-state index contributed by atoms with van der Waals surface area (Å²) in [7, 11) is 4.00. The highest BCUT2D eigenvalue weighted by Gasteiger charge is 2.11. The van der Waals surface area contributed by atoms with Crippen LogP contribution in [0.4, 0.5) is 0 Å². The first-order valence-corrected chi connectivity index (χ1v) is 4.14. The van der Waals surface area contributed by atoms with E-state index in [4.69, 9.17) is 0 Å². The van der Waals surface area contributed by atoms with Gasteiger partial charge in [-0.1, -0.05) is 0 Å². The van der Waals surface area contributed by atoms with Crippen molar-refractivity contribution >= 4 is 6.21 Å². The van der Waals surface area contributed by atoms with Crippen molar-refractivity contribution in [1.29, 1.82) is 0 Å². The van der Waals surface area contributed by atoms with Crippen LogP contribution in [0.2, 0.25) is 0 Å². The van der Waals surface area contributed by atoms with E-state index in [0.29, 0.717) is 0 Å². The molecule has 1 saturated heterocycles. The molecular weight excluding hydrogens is 138 g/mol. The van der Waals surface area contributed by atoms with E-state index in [2.05, 4.69) is 21.8 Å². The Morgan fingerprint density at radius 3 is 2.45 bits per heavy atom. The molecule has 0 N–H and O–H groups in total. The Hall–Kier alpha value is -0.410. The van der Waals surface area contributed by atoms with Crippen LogP contribution in [-0.4, -0.2) is 62.8 Å². The summed E-state index contributed by atoms with van der Waals surface area (Å²) >= 11 is 0. The Morgan fingerprint density at radius 1 is 1.27 bits per heavy atom. The van der Waals surface area contributed by atoms with Gasteiger partial charge in [0.2, 0.25) is 0 Å². The smallest absolute Gasteiger partial charge is 0.0334 e. The fourth-order valence-electron chi connectivity index (χ4n) is 1.23. The second kappa shape index (κ2) is 4.46. The Morgan fingerprint density at radius 2 is 1.91 bits per heavy atom. The summed E-state index contributed by atoms with van der Waals surface area (Å²) < 4.78 is 0. The first-order valence-electron chi connectivity index (χ1n) is 4.14. The van der Waals surface area contributed by atoms with Crippen molar-refractivity contribution in [2.45, 2.75) is 0 Å². The first kappa shape index (κ1) is 8.68. The highest BCUT2D eigenvalue weighted by atomic mass is 15.2. The molecule has 3 nitrogen and oxygen atoms in total. The van der Waals surface area contributed by atoms with Gasteiger partial charge in [0.25, 0.3) is 0 Å². The number of likely N-dealkylation sites (N-methyl/N-ethyl adjacent to an activating group) is 1. The summed E-state index contributed by atoms with van der Waals surface area (Å²) in [5.74, 6) is 0. The minimum Gasteiger partial charge on any atom is -0.304 e. The highest BCUT2D eigenvalue weighted by molar-refractivity contribution is 5.59. The average Bonchev–Trinajstić information content (AvgIpc) is 2.04. The van der Waals surface area contributed by atoms with E-state index < -0.39 is 0 Å². The Balaban J connectivity index is 2.17. The van der Waals surface area contributed by atoms with Gasteiger partial charge < -0.3 is 4.90 Å². The molecule has 0 atom stereocenters. The minimum atomic E-state index is 1.02. The van der Waals surface area contributed by atoms with E-state index in [1.165, 1.54) is 26.2 Å². The maximum Gasteiger partial charge on any atom is 0.0334 e. The predicted octanol–water partition coefficient (Wildman–Crippen LogP) is -0.0656. The van der Waals surface area contributed by atoms with Crippen molar-refractivity contribution in [2.75, 3.05) is 46.8 Å². The third-order valence-corrected chi connectivity index (χ3v) is 2.12. The quantitative estimate of drug-likeness (QED) is 0.520. The molecular formula is C8H17N3. The van der Waals surface area contributed by atoms with E-state index in [1.54, 1.807) is 0 Å². The van der Waals surface area contributed by atoms with Gasteiger partial charge in [-0.05, 0) is 7.05 Å². The zero-order chi connectivity index (χ0) is 8.10. The normalized spacial score (nSPS) is 23.1. The molecule has 1 aliphatic heterocycles. The maximum absolute atomic E-state index is 3.97. The largest absolute Gasteiger partial charge is 0.304 e. The SMILES string of the molecule is CN=CCN1CCN(C)CC1. The zero-order valence-electron chi connectivity index (χ0n) is 7.45. The van der Waals surface area contributed by atoms with E-state index in [9.17, 15) is 0 Å². The lowest BCUT2D eigenvalue weighted by molar-refractivity contribution is 0.171. The van der Waals surface area contributed by atoms with Crippen LogP contribution < -0.4 is 0 Å². The molecule has 0 bridgehead atoms. The number of rotatable bonds is 2. The first-order chi connectivity index (χ1) is 5.33. The van der Waals surface area contributed by atoms with Crippen LogP contribution >= 0.6 is 0 Å². The van der Waals surface area contributed by atoms with Crippen molar-refractivity contribution in [2.24, 2.45) is 4.99 Å². The molecule has 0 spiro atoms. The van der Waals surface area contributed by atoms with Gasteiger partial charge in [0.1, 0.15) is 0 Å². The fourth-order valence-corrected chi connectivity index (χ4v) is 1.23. The highest BCUT2D eigenvalue weighted by Crippen LogP contribution is 1.96. The molecule has 0 radical (unpaired) electrons. The van der Waals surface area contributed by atoms with Crippen molar-refractivity contribution in [3.05, 3.63) is 0 Å². The second-order valence-electron chi connectivity index (χ2n) is 3.04. The Kier molecular flexibility index (Phi) is 3.52. The van der Waals surface area contributed by atoms with Crippen molar-refractivity contribution in [3.63, 3.8) is 0 Å². The molecule has 0 aliphatic carbocycles. The average molecular weight is 155 g/mol. The van der Waals surface area contributed by atoms with Gasteiger partial charge in [-0.15, -0.1) is 0 Å². The number of piperazine rings is 1. The van der Waals surface area contributed by atoms with E-state index in [1.807, 2.05) is 13.3 Å². The molecule has 0 aromatic heterocycles. The number of hydrogen-bond donors (Lipinski definition) is 0. The summed E-state index contributed by atoms with van der Waals surface area (Å²) in [6.07, 6.45) is 1.98. The van der Waals surface area contributed by atoms with Crippen LogP contribution in [0.15, 0.2) is 4.99 Å². The van der Waals surface area contributed by atoms with Gasteiger partial charge in [-0.2, -0.15) is 0 Å². The van der Waals surface area contributed by atoms with Gasteiger partial charge in [0.05, 0.1) is 0 Å². The maximum atomic E-state index is 3.97. The van der Waals surface area contributed by atoms with E-state index in [-0.39, 0.29) is 0 Å². The molecule has 3 heteroatoms. The summed E-state index contributed by atoms with van der Waals surface area (Å²) in [5, 5.41) is 0. The molecule has 1 heterocycles. The summed E-state index contributed by atoms with van der Waals surface area (Å²) in [5.41, 5.74) is 0. The molecule has 0 aromatic rings. The molecule has 0 aromatic carbocycles. The third-order valence-electron chi connectivity index (χ3n) is 2.12. The van der Waals surface area contributed by atoms with E-state index >= 15 is 0 Å². The van der Waals surface area contributed by atoms with E-state index in [0.717, 1.165) is 6.54 Å². The molecule has 1 fully saturated rings. The number of aliphatic imine (C=N–C) groups is 1. The Labute approximate surface area is 68.7 Å². The standard InChI is InChI=1S/C8H17N3/c1-9-3-4-11-7-5-10(2)6-8-11/h3H,4-8H2,1-2H3. The van der Waals surface area contributed by atoms with Crippen LogP contribution in [0, 0.1) is 0 Å². The van der Waals surface area contributed by atoms with Crippen LogP contribution in [0.25, 0.3) is 0 Å². The van der Waals surface area contributed by atoms with Crippen molar-refractivity contribution in [3.8, 4) is 0 Å². The summed E-state index contributed by atoms with van der Waals surface area (Å²) in [4.78, 5) is 8.75. The third kappa shape index (κ3) is 2.99. The van der Waals surface area contributed by atoms with Crippen LogP contribution in [0.1, 0.15) is 0 Å². The zero-order valence-corrected chi connectivity index (χ0v) is 7.45. The Bertz CT molecular complexity index is 125. The lowest BCUT2D eigenvalue weighted by Gasteiger charge is -2.31. The number of nitrogens with zero attached hydrogens (tertiary/aromatic N) is 3. The molecule has 0 saturated carbocycles. The lowest BCUT2D eigenvalue weighted by atomic mass is 10.3. The van der Waals surface area contributed by atoms with Gasteiger partial charge >= 0.3 is 0 Å². The van der Waals surface area contributed by atoms with Crippen molar-refractivity contribution in [1.82, 2.24) is 9.80 Å². The summed E-state index contributed by atoms with van der Waals surface area (Å²) in [6.45, 7) is 5.77. The predicted molar refractivity (Wildman–Crippen MR) is 48.4 cm³/mol. The van der Waals surface area contributed by atoms with Gasteiger partial charge in [0.15, 0.2) is 0 Å². The molecule has 0 unspecified atom stereocenters. The summed E-state index contributed by atoms with van der Waals surface area (Å²) in [6, 6.07) is 0. The lowest BCUT2D eigenvalue weighted by Crippen LogP contribution is -2.44. The molecule has 64 valence electrons. The topological polar surface area (TPSA) is 18.8 Å². The van der Waals surface area contributed by atoms with Crippen LogP contribution in [-0.2, 0) is 0 Å². The van der Waals surface area contributed by atoms with Gasteiger partial charge in [-0.25, -0.2) is 0 Å². The second-order valence-corrected chi connectivity index (χ2v) is 3.04. The van der Waals surface area contributed by atoms with Gasteiger partial charge in [0, 0.05) is 46.0 Å². The van der Waals surface area contributed by atoms with Crippen LogP contribution in [0.5, 0.6) is 0 Å².